The van der Waals surface area contributed by atoms with Crippen LogP contribution in [0.5, 0.6) is 0 Å². The van der Waals surface area contributed by atoms with Crippen LogP contribution in [0, 0.1) is 6.92 Å². The fraction of sp³-hybridized carbons (Fsp3) is 0.562. The second-order valence-electron chi connectivity index (χ2n) is 5.91. The molecule has 1 saturated heterocycles. The predicted molar refractivity (Wildman–Crippen MR) is 87.9 cm³/mol. The highest BCUT2D eigenvalue weighted by Crippen LogP contribution is 2.26. The summed E-state index contributed by atoms with van der Waals surface area (Å²) in [5.74, 6) is 1.93. The van der Waals surface area contributed by atoms with Gasteiger partial charge in [-0.3, -0.25) is 0 Å². The number of benzene rings is 1. The number of carbonyl (C=O) groups is 1. The summed E-state index contributed by atoms with van der Waals surface area (Å²) in [5, 5.41) is 15.8. The van der Waals surface area contributed by atoms with Crippen molar-refractivity contribution < 1.29 is 9.90 Å². The Hall–Kier alpha value is -1.20. The van der Waals surface area contributed by atoms with E-state index in [9.17, 15) is 9.90 Å². The van der Waals surface area contributed by atoms with E-state index in [2.05, 4.69) is 42.7 Å². The topological polar surface area (TPSA) is 61.4 Å². The van der Waals surface area contributed by atoms with Gasteiger partial charge >= 0.3 is 6.03 Å². The van der Waals surface area contributed by atoms with Crippen molar-refractivity contribution in [2.45, 2.75) is 31.8 Å². The van der Waals surface area contributed by atoms with Crippen molar-refractivity contribution >= 4 is 17.8 Å². The lowest BCUT2D eigenvalue weighted by Gasteiger charge is -2.22. The van der Waals surface area contributed by atoms with Crippen molar-refractivity contribution in [2.75, 3.05) is 24.6 Å². The Balaban J connectivity index is 1.73. The van der Waals surface area contributed by atoms with Gasteiger partial charge in [0, 0.05) is 18.8 Å². The Bertz CT molecular complexity index is 487. The number of hydrogen-bond donors (Lipinski definition) is 3. The third kappa shape index (κ3) is 4.93. The Kier molecular flexibility index (Phi) is 5.53. The van der Waals surface area contributed by atoms with Crippen molar-refractivity contribution in [3.05, 3.63) is 35.4 Å². The molecule has 2 atom stereocenters. The molecule has 1 aromatic rings. The van der Waals surface area contributed by atoms with E-state index in [-0.39, 0.29) is 11.9 Å². The molecule has 0 saturated carbocycles. The summed E-state index contributed by atoms with van der Waals surface area (Å²) in [6, 6.07) is 8.11. The normalized spacial score (nSPS) is 22.8. The lowest BCUT2D eigenvalue weighted by atomic mass is 9.99. The fourth-order valence-corrected chi connectivity index (χ4v) is 3.68. The van der Waals surface area contributed by atoms with E-state index in [1.807, 2.05) is 6.07 Å². The van der Waals surface area contributed by atoms with Gasteiger partial charge in [0.05, 0.1) is 5.60 Å². The number of urea groups is 1. The van der Waals surface area contributed by atoms with E-state index in [1.54, 1.807) is 11.8 Å². The zero-order valence-corrected chi connectivity index (χ0v) is 13.5. The lowest BCUT2D eigenvalue weighted by Crippen LogP contribution is -2.47. The van der Waals surface area contributed by atoms with Gasteiger partial charge in [-0.2, -0.15) is 11.8 Å². The second kappa shape index (κ2) is 7.18. The van der Waals surface area contributed by atoms with E-state index in [1.165, 1.54) is 11.1 Å². The minimum atomic E-state index is -0.732. The molecule has 0 bridgehead atoms. The number of nitrogens with one attached hydrogen (secondary N) is 2. The molecular formula is C16H24N2O2S. The Morgan fingerprint density at radius 2 is 2.29 bits per heavy atom. The van der Waals surface area contributed by atoms with Crippen molar-refractivity contribution in [3.63, 3.8) is 0 Å². The first-order chi connectivity index (χ1) is 9.98. The molecule has 0 aromatic heterocycles. The first kappa shape index (κ1) is 16.2. The molecule has 3 N–H and O–H groups in total. The van der Waals surface area contributed by atoms with E-state index in [4.69, 9.17) is 0 Å². The first-order valence-corrected chi connectivity index (χ1v) is 8.52. The summed E-state index contributed by atoms with van der Waals surface area (Å²) in [7, 11) is 0. The number of thioether (sulfide) groups is 1. The quantitative estimate of drug-likeness (QED) is 0.782. The number of carbonyl (C=O) groups excluding carboxylic acids is 1. The highest BCUT2D eigenvalue weighted by Gasteiger charge is 2.31. The fourth-order valence-electron chi connectivity index (χ4n) is 2.38. The molecule has 2 amide bonds. The van der Waals surface area contributed by atoms with Crippen LogP contribution in [0.1, 0.15) is 30.4 Å². The standard InChI is InChI=1S/C16H24N2O2S/c1-12-4-3-5-14(8-12)13(2)9-17-15(19)18-10-16(20)6-7-21-11-16/h3-5,8,13,20H,6-7,9-11H2,1-2H3,(H2,17,18,19)/t13-,16-/m0/s1. The molecule has 4 nitrogen and oxygen atoms in total. The van der Waals surface area contributed by atoms with Gasteiger partial charge in [0.1, 0.15) is 0 Å². The molecule has 21 heavy (non-hydrogen) atoms. The molecule has 116 valence electrons. The van der Waals surface area contributed by atoms with Crippen LogP contribution in [-0.2, 0) is 0 Å². The Morgan fingerprint density at radius 1 is 1.48 bits per heavy atom. The number of amides is 2. The van der Waals surface area contributed by atoms with Gasteiger partial charge in [-0.25, -0.2) is 4.79 Å². The Labute approximate surface area is 130 Å². The van der Waals surface area contributed by atoms with Crippen LogP contribution >= 0.6 is 11.8 Å². The van der Waals surface area contributed by atoms with Crippen LogP contribution in [0.3, 0.4) is 0 Å². The van der Waals surface area contributed by atoms with Crippen molar-refractivity contribution in [2.24, 2.45) is 0 Å². The maximum absolute atomic E-state index is 11.8. The molecule has 0 aliphatic carbocycles. The number of rotatable bonds is 5. The summed E-state index contributed by atoms with van der Waals surface area (Å²) in [5.41, 5.74) is 1.72. The van der Waals surface area contributed by atoms with Gasteiger partial charge in [-0.15, -0.1) is 0 Å². The number of hydrogen-bond acceptors (Lipinski definition) is 3. The van der Waals surface area contributed by atoms with Crippen LogP contribution in [0.25, 0.3) is 0 Å². The molecule has 2 rings (SSSR count). The summed E-state index contributed by atoms with van der Waals surface area (Å²) < 4.78 is 0. The molecule has 5 heteroatoms. The monoisotopic (exact) mass is 308 g/mol. The minimum absolute atomic E-state index is 0.208. The van der Waals surface area contributed by atoms with Crippen LogP contribution in [0.15, 0.2) is 24.3 Å². The first-order valence-electron chi connectivity index (χ1n) is 7.37. The molecule has 1 aromatic carbocycles. The van der Waals surface area contributed by atoms with Crippen molar-refractivity contribution in [3.8, 4) is 0 Å². The third-order valence-corrected chi connectivity index (χ3v) is 5.07. The van der Waals surface area contributed by atoms with Crippen molar-refractivity contribution in [1.29, 1.82) is 0 Å². The SMILES string of the molecule is Cc1cccc([C@@H](C)CNC(=O)NC[C@@]2(O)CCSC2)c1. The van der Waals surface area contributed by atoms with Gasteiger partial charge < -0.3 is 15.7 Å². The van der Waals surface area contributed by atoms with E-state index >= 15 is 0 Å². The highest BCUT2D eigenvalue weighted by molar-refractivity contribution is 7.99. The molecule has 1 aliphatic heterocycles. The summed E-state index contributed by atoms with van der Waals surface area (Å²) in [6.45, 7) is 5.07. The maximum Gasteiger partial charge on any atom is 0.314 e. The second-order valence-corrected chi connectivity index (χ2v) is 7.01. The Morgan fingerprint density at radius 3 is 2.95 bits per heavy atom. The molecule has 0 unspecified atom stereocenters. The van der Waals surface area contributed by atoms with E-state index < -0.39 is 5.60 Å². The molecule has 1 heterocycles. The largest absolute Gasteiger partial charge is 0.387 e. The maximum atomic E-state index is 11.8. The number of aliphatic hydroxyl groups is 1. The average molecular weight is 308 g/mol. The van der Waals surface area contributed by atoms with Gasteiger partial charge in [0.15, 0.2) is 0 Å². The minimum Gasteiger partial charge on any atom is -0.387 e. The van der Waals surface area contributed by atoms with Crippen LogP contribution < -0.4 is 10.6 Å². The van der Waals surface area contributed by atoms with Crippen LogP contribution in [-0.4, -0.2) is 41.3 Å². The molecular weight excluding hydrogens is 284 g/mol. The van der Waals surface area contributed by atoms with E-state index in [0.717, 1.165) is 12.2 Å². The van der Waals surface area contributed by atoms with Gasteiger partial charge in [0.2, 0.25) is 0 Å². The highest BCUT2D eigenvalue weighted by atomic mass is 32.2. The van der Waals surface area contributed by atoms with Gasteiger partial charge in [0.25, 0.3) is 0 Å². The zero-order valence-electron chi connectivity index (χ0n) is 12.7. The average Bonchev–Trinajstić information content (AvgIpc) is 2.90. The van der Waals surface area contributed by atoms with E-state index in [0.29, 0.717) is 18.8 Å². The molecule has 0 spiro atoms. The van der Waals surface area contributed by atoms with Crippen molar-refractivity contribution in [1.82, 2.24) is 10.6 Å². The smallest absolute Gasteiger partial charge is 0.314 e. The molecule has 1 fully saturated rings. The summed E-state index contributed by atoms with van der Waals surface area (Å²) >= 11 is 1.73. The van der Waals surface area contributed by atoms with Gasteiger partial charge in [-0.1, -0.05) is 36.8 Å². The summed E-state index contributed by atoms with van der Waals surface area (Å²) in [4.78, 5) is 11.8. The zero-order chi connectivity index (χ0) is 15.3. The molecule has 0 radical (unpaired) electrons. The lowest BCUT2D eigenvalue weighted by molar-refractivity contribution is 0.0700. The predicted octanol–water partition coefficient (Wildman–Crippen LogP) is 2.27. The van der Waals surface area contributed by atoms with Crippen LogP contribution in [0.2, 0.25) is 0 Å². The van der Waals surface area contributed by atoms with Crippen LogP contribution in [0.4, 0.5) is 4.79 Å². The number of aryl methyl sites for hydroxylation is 1. The molecule has 1 aliphatic rings. The van der Waals surface area contributed by atoms with Gasteiger partial charge in [-0.05, 0) is 30.6 Å². The third-order valence-electron chi connectivity index (χ3n) is 3.84. The summed E-state index contributed by atoms with van der Waals surface area (Å²) in [6.07, 6.45) is 0.748.